The van der Waals surface area contributed by atoms with Gasteiger partial charge in [-0.15, -0.1) is 11.3 Å². The summed E-state index contributed by atoms with van der Waals surface area (Å²) in [6, 6.07) is 11.9. The number of piperazine rings is 1. The molecule has 0 bridgehead atoms. The first-order valence-electron chi connectivity index (χ1n) is 9.62. The van der Waals surface area contributed by atoms with Gasteiger partial charge in [0.05, 0.1) is 18.4 Å². The Hall–Kier alpha value is -2.01. The maximum Gasteiger partial charge on any atom is 0.341 e. The summed E-state index contributed by atoms with van der Waals surface area (Å²) in [6.45, 7) is 3.82. The van der Waals surface area contributed by atoms with E-state index >= 15 is 0 Å². The Morgan fingerprint density at radius 2 is 1.87 bits per heavy atom. The van der Waals surface area contributed by atoms with E-state index in [1.807, 2.05) is 41.3 Å². The molecule has 1 aliphatic heterocycles. The van der Waals surface area contributed by atoms with Crippen LogP contribution in [0, 0.1) is 0 Å². The van der Waals surface area contributed by atoms with Crippen molar-refractivity contribution < 1.29 is 17.9 Å². The minimum atomic E-state index is -3.20. The smallest absolute Gasteiger partial charge is 0.341 e. The summed E-state index contributed by atoms with van der Waals surface area (Å²) < 4.78 is 30.0. The number of carbonyl (C=O) groups excluding carboxylic acids is 1. The number of benzene rings is 1. The second-order valence-electron chi connectivity index (χ2n) is 6.92. The molecule has 1 saturated heterocycles. The molecule has 2 heterocycles. The number of thiocarbonyl (C=S) groups is 1. The van der Waals surface area contributed by atoms with E-state index in [2.05, 4.69) is 5.32 Å². The molecule has 1 aromatic heterocycles. The van der Waals surface area contributed by atoms with Crippen LogP contribution in [-0.4, -0.2) is 67.7 Å². The molecule has 0 saturated carbocycles. The third-order valence-electron chi connectivity index (χ3n) is 4.71. The van der Waals surface area contributed by atoms with Gasteiger partial charge in [-0.3, -0.25) is 0 Å². The van der Waals surface area contributed by atoms with Crippen molar-refractivity contribution in [2.24, 2.45) is 0 Å². The van der Waals surface area contributed by atoms with Crippen LogP contribution in [0.4, 0.5) is 5.00 Å². The van der Waals surface area contributed by atoms with Gasteiger partial charge in [-0.25, -0.2) is 13.2 Å². The summed E-state index contributed by atoms with van der Waals surface area (Å²) in [7, 11) is -3.20. The Labute approximate surface area is 186 Å². The van der Waals surface area contributed by atoms with Crippen molar-refractivity contribution in [3.05, 3.63) is 52.4 Å². The molecular formula is C20H25N3O4S3. The number of thiophene rings is 1. The van der Waals surface area contributed by atoms with Crippen molar-refractivity contribution >= 4 is 49.7 Å². The van der Waals surface area contributed by atoms with Crippen LogP contribution in [-0.2, 0) is 21.2 Å². The fourth-order valence-electron chi connectivity index (χ4n) is 3.18. The molecule has 1 N–H and O–H groups in total. The molecule has 2 aromatic rings. The van der Waals surface area contributed by atoms with Gasteiger partial charge < -0.3 is 15.0 Å². The van der Waals surface area contributed by atoms with Crippen molar-refractivity contribution in [1.29, 1.82) is 0 Å². The van der Waals surface area contributed by atoms with Crippen LogP contribution < -0.4 is 5.32 Å². The van der Waals surface area contributed by atoms with Crippen LogP contribution in [0.15, 0.2) is 36.4 Å². The van der Waals surface area contributed by atoms with Gasteiger partial charge in [0.1, 0.15) is 5.00 Å². The maximum atomic E-state index is 12.5. The highest BCUT2D eigenvalue weighted by atomic mass is 32.2. The summed E-state index contributed by atoms with van der Waals surface area (Å²) in [5.74, 6) is -0.389. The number of nitrogens with zero attached hydrogens (tertiary/aromatic N) is 2. The highest BCUT2D eigenvalue weighted by Gasteiger charge is 2.26. The van der Waals surface area contributed by atoms with Gasteiger partial charge >= 0.3 is 5.97 Å². The number of carbonyl (C=O) groups is 1. The van der Waals surface area contributed by atoms with Gasteiger partial charge in [-0.1, -0.05) is 30.3 Å². The zero-order valence-corrected chi connectivity index (χ0v) is 19.4. The Morgan fingerprint density at radius 1 is 1.20 bits per heavy atom. The number of hydrogen-bond donors (Lipinski definition) is 1. The molecule has 1 aromatic carbocycles. The van der Waals surface area contributed by atoms with E-state index < -0.39 is 10.0 Å². The van der Waals surface area contributed by atoms with E-state index in [1.54, 1.807) is 6.92 Å². The Balaban J connectivity index is 1.73. The van der Waals surface area contributed by atoms with Gasteiger partial charge in [-0.05, 0) is 30.8 Å². The number of sulfonamides is 1. The Bertz CT molecular complexity index is 998. The van der Waals surface area contributed by atoms with Crippen LogP contribution in [0.5, 0.6) is 0 Å². The fraction of sp³-hybridized carbons (Fsp3) is 0.400. The van der Waals surface area contributed by atoms with Crippen molar-refractivity contribution in [3.63, 3.8) is 0 Å². The van der Waals surface area contributed by atoms with Crippen molar-refractivity contribution in [1.82, 2.24) is 9.21 Å². The molecule has 162 valence electrons. The van der Waals surface area contributed by atoms with Crippen molar-refractivity contribution in [2.45, 2.75) is 13.3 Å². The largest absolute Gasteiger partial charge is 0.462 e. The molecule has 0 unspecified atom stereocenters. The monoisotopic (exact) mass is 467 g/mol. The number of ether oxygens (including phenoxy) is 1. The summed E-state index contributed by atoms with van der Waals surface area (Å²) in [4.78, 5) is 15.4. The standard InChI is InChI=1S/C20H25N3O4S3/c1-3-27-19(24)17-14-16(13-15-7-5-4-6-8-15)29-18(17)21-20(28)22-9-11-23(12-10-22)30(2,25)26/h4-8,14H,3,9-13H2,1-2H3,(H,21,28). The second kappa shape index (κ2) is 9.86. The van der Waals surface area contributed by atoms with E-state index in [9.17, 15) is 13.2 Å². The van der Waals surface area contributed by atoms with Crippen LogP contribution in [0.2, 0.25) is 0 Å². The van der Waals surface area contributed by atoms with E-state index in [-0.39, 0.29) is 5.97 Å². The van der Waals surface area contributed by atoms with Gasteiger partial charge in [0, 0.05) is 37.5 Å². The lowest BCUT2D eigenvalue weighted by atomic mass is 10.1. The van der Waals surface area contributed by atoms with Crippen LogP contribution in [0.25, 0.3) is 0 Å². The zero-order valence-electron chi connectivity index (χ0n) is 17.0. The second-order valence-corrected chi connectivity index (χ2v) is 10.4. The fourth-order valence-corrected chi connectivity index (χ4v) is 5.43. The molecule has 30 heavy (non-hydrogen) atoms. The average Bonchev–Trinajstić information content (AvgIpc) is 3.10. The van der Waals surface area contributed by atoms with E-state index in [4.69, 9.17) is 17.0 Å². The molecule has 0 amide bonds. The first-order chi connectivity index (χ1) is 14.3. The molecule has 0 spiro atoms. The van der Waals surface area contributed by atoms with Crippen LogP contribution in [0.1, 0.15) is 27.7 Å². The lowest BCUT2D eigenvalue weighted by Crippen LogP contribution is -2.51. The third-order valence-corrected chi connectivity index (χ3v) is 7.43. The first kappa shape index (κ1) is 22.7. The number of rotatable bonds is 6. The molecule has 7 nitrogen and oxygen atoms in total. The molecule has 0 radical (unpaired) electrons. The van der Waals surface area contributed by atoms with Gasteiger partial charge in [0.15, 0.2) is 5.11 Å². The Morgan fingerprint density at radius 3 is 2.47 bits per heavy atom. The zero-order chi connectivity index (χ0) is 21.7. The van der Waals surface area contributed by atoms with E-state index in [0.717, 1.165) is 10.4 Å². The minimum Gasteiger partial charge on any atom is -0.462 e. The van der Waals surface area contributed by atoms with E-state index in [1.165, 1.54) is 21.9 Å². The molecule has 0 atom stereocenters. The van der Waals surface area contributed by atoms with Gasteiger partial charge in [0.25, 0.3) is 0 Å². The van der Waals surface area contributed by atoms with Crippen molar-refractivity contribution in [3.8, 4) is 0 Å². The SMILES string of the molecule is CCOC(=O)c1cc(Cc2ccccc2)sc1NC(=S)N1CCN(S(C)(=O)=O)CC1. The topological polar surface area (TPSA) is 79.0 Å². The van der Waals surface area contributed by atoms with Crippen LogP contribution in [0.3, 0.4) is 0 Å². The Kier molecular flexibility index (Phi) is 7.45. The molecule has 10 heteroatoms. The molecule has 1 aliphatic rings. The molecule has 1 fully saturated rings. The number of anilines is 1. The number of esters is 1. The van der Waals surface area contributed by atoms with Crippen LogP contribution >= 0.6 is 23.6 Å². The third kappa shape index (κ3) is 5.78. The maximum absolute atomic E-state index is 12.5. The molecular weight excluding hydrogens is 442 g/mol. The van der Waals surface area contributed by atoms with E-state index in [0.29, 0.717) is 54.9 Å². The lowest BCUT2D eigenvalue weighted by Gasteiger charge is -2.34. The number of hydrogen-bond acceptors (Lipinski definition) is 6. The lowest BCUT2D eigenvalue weighted by molar-refractivity contribution is 0.0528. The summed E-state index contributed by atoms with van der Waals surface area (Å²) in [6.07, 6.45) is 1.92. The minimum absolute atomic E-state index is 0.292. The molecule has 3 rings (SSSR count). The highest BCUT2D eigenvalue weighted by Crippen LogP contribution is 2.31. The highest BCUT2D eigenvalue weighted by molar-refractivity contribution is 7.88. The quantitative estimate of drug-likeness (QED) is 0.517. The number of nitrogens with one attached hydrogen (secondary N) is 1. The normalized spacial score (nSPS) is 15.1. The molecule has 0 aliphatic carbocycles. The first-order valence-corrected chi connectivity index (χ1v) is 12.7. The summed E-state index contributed by atoms with van der Waals surface area (Å²) >= 11 is 7.01. The summed E-state index contributed by atoms with van der Waals surface area (Å²) in [5, 5.41) is 4.31. The summed E-state index contributed by atoms with van der Waals surface area (Å²) in [5.41, 5.74) is 1.62. The average molecular weight is 468 g/mol. The van der Waals surface area contributed by atoms with Crippen molar-refractivity contribution in [2.75, 3.05) is 44.4 Å². The predicted octanol–water partition coefficient (Wildman–Crippen LogP) is 2.79. The van der Waals surface area contributed by atoms with Gasteiger partial charge in [0.2, 0.25) is 10.0 Å². The van der Waals surface area contributed by atoms with Gasteiger partial charge in [-0.2, -0.15) is 4.31 Å². The predicted molar refractivity (Wildman–Crippen MR) is 124 cm³/mol.